The molecule has 3 rings (SSSR count). The third kappa shape index (κ3) is 1.48. The highest BCUT2D eigenvalue weighted by Crippen LogP contribution is 2.26. The molecule has 0 aliphatic carbocycles. The van der Waals surface area contributed by atoms with Gasteiger partial charge in [0.25, 0.3) is 0 Å². The van der Waals surface area contributed by atoms with Crippen molar-refractivity contribution in [3.63, 3.8) is 0 Å². The van der Waals surface area contributed by atoms with Crippen LogP contribution in [-0.2, 0) is 0 Å². The molecule has 0 aliphatic heterocycles. The molecule has 0 radical (unpaired) electrons. The predicted octanol–water partition coefficient (Wildman–Crippen LogP) is 1.14. The van der Waals surface area contributed by atoms with Gasteiger partial charge >= 0.3 is 0 Å². The Morgan fingerprint density at radius 3 is 2.94 bits per heavy atom. The minimum absolute atomic E-state index is 0.0629. The van der Waals surface area contributed by atoms with Crippen LogP contribution < -0.4 is 5.73 Å². The number of hydrogen-bond donors (Lipinski definition) is 2. The summed E-state index contributed by atoms with van der Waals surface area (Å²) in [5.41, 5.74) is 6.76. The largest absolute Gasteiger partial charge is 0.368 e. The molecule has 6 nitrogen and oxygen atoms in total. The molecule has 3 aromatic heterocycles. The molecule has 0 saturated carbocycles. The number of hydrogen-bond acceptors (Lipinski definition) is 5. The molecule has 0 aromatic carbocycles. The lowest BCUT2D eigenvalue weighted by molar-refractivity contribution is 0.624. The molecule has 0 saturated heterocycles. The number of aromatic amines is 1. The van der Waals surface area contributed by atoms with E-state index in [4.69, 9.17) is 5.73 Å². The van der Waals surface area contributed by atoms with E-state index in [9.17, 15) is 4.39 Å². The monoisotopic (exact) mass is 230 g/mol. The maximum atomic E-state index is 13.6. The molecule has 17 heavy (non-hydrogen) atoms. The van der Waals surface area contributed by atoms with Crippen LogP contribution in [0.1, 0.15) is 0 Å². The van der Waals surface area contributed by atoms with Crippen molar-refractivity contribution in [2.45, 2.75) is 0 Å². The molecule has 0 atom stereocenters. The van der Waals surface area contributed by atoms with Gasteiger partial charge in [-0.05, 0) is 6.07 Å². The normalized spacial score (nSPS) is 10.9. The third-order valence-corrected chi connectivity index (χ3v) is 2.35. The van der Waals surface area contributed by atoms with Crippen LogP contribution >= 0.6 is 0 Å². The lowest BCUT2D eigenvalue weighted by Gasteiger charge is -2.03. The van der Waals surface area contributed by atoms with Crippen molar-refractivity contribution in [3.8, 4) is 11.3 Å². The lowest BCUT2D eigenvalue weighted by Crippen LogP contribution is -1.98. The Balaban J connectivity index is 2.37. The van der Waals surface area contributed by atoms with Gasteiger partial charge in [0, 0.05) is 11.8 Å². The van der Waals surface area contributed by atoms with Crippen LogP contribution in [0.5, 0.6) is 0 Å². The van der Waals surface area contributed by atoms with E-state index in [-0.39, 0.29) is 5.95 Å². The van der Waals surface area contributed by atoms with E-state index in [2.05, 4.69) is 25.1 Å². The Morgan fingerprint density at radius 1 is 1.24 bits per heavy atom. The second-order valence-corrected chi connectivity index (χ2v) is 3.42. The van der Waals surface area contributed by atoms with Crippen molar-refractivity contribution in [2.24, 2.45) is 0 Å². The number of rotatable bonds is 1. The fourth-order valence-electron chi connectivity index (χ4n) is 1.62. The summed E-state index contributed by atoms with van der Waals surface area (Å²) in [6.45, 7) is 0. The highest BCUT2D eigenvalue weighted by Gasteiger charge is 2.13. The van der Waals surface area contributed by atoms with Gasteiger partial charge in [0.15, 0.2) is 11.5 Å². The summed E-state index contributed by atoms with van der Waals surface area (Å²) in [4.78, 5) is 11.7. The van der Waals surface area contributed by atoms with Crippen molar-refractivity contribution >= 4 is 17.0 Å². The fourth-order valence-corrected chi connectivity index (χ4v) is 1.62. The average molecular weight is 230 g/mol. The molecule has 0 bridgehead atoms. The quantitative estimate of drug-likeness (QED) is 0.653. The molecule has 7 heteroatoms. The SMILES string of the molecule is Nc1nc(-c2ccncc2F)c2cn[nH]c2n1. The topological polar surface area (TPSA) is 93.4 Å². The Morgan fingerprint density at radius 2 is 2.12 bits per heavy atom. The zero-order chi connectivity index (χ0) is 11.8. The highest BCUT2D eigenvalue weighted by atomic mass is 19.1. The zero-order valence-electron chi connectivity index (χ0n) is 8.55. The lowest BCUT2D eigenvalue weighted by atomic mass is 10.1. The number of H-pyrrole nitrogens is 1. The average Bonchev–Trinajstić information content (AvgIpc) is 2.76. The van der Waals surface area contributed by atoms with Crippen LogP contribution in [0.2, 0.25) is 0 Å². The van der Waals surface area contributed by atoms with Gasteiger partial charge in [-0.15, -0.1) is 0 Å². The van der Waals surface area contributed by atoms with Crippen LogP contribution in [0.15, 0.2) is 24.7 Å². The smallest absolute Gasteiger partial charge is 0.222 e. The summed E-state index contributed by atoms with van der Waals surface area (Å²) >= 11 is 0. The van der Waals surface area contributed by atoms with Crippen molar-refractivity contribution in [2.75, 3.05) is 5.73 Å². The van der Waals surface area contributed by atoms with Crippen LogP contribution in [-0.4, -0.2) is 25.1 Å². The van der Waals surface area contributed by atoms with Gasteiger partial charge in [-0.2, -0.15) is 10.1 Å². The Kier molecular flexibility index (Phi) is 1.97. The molecule has 0 aliphatic rings. The van der Waals surface area contributed by atoms with Crippen LogP contribution in [0.25, 0.3) is 22.3 Å². The van der Waals surface area contributed by atoms with Crippen molar-refractivity contribution in [1.29, 1.82) is 0 Å². The summed E-state index contributed by atoms with van der Waals surface area (Å²) in [6.07, 6.45) is 4.14. The summed E-state index contributed by atoms with van der Waals surface area (Å²) in [5, 5.41) is 7.12. The molecule has 0 unspecified atom stereocenters. The van der Waals surface area contributed by atoms with E-state index >= 15 is 0 Å². The minimum Gasteiger partial charge on any atom is -0.368 e. The Bertz CT molecular complexity index is 692. The number of nitrogen functional groups attached to an aromatic ring is 1. The molecular formula is C10H7FN6. The number of anilines is 1. The molecule has 0 amide bonds. The van der Waals surface area contributed by atoms with E-state index in [0.717, 1.165) is 6.20 Å². The maximum Gasteiger partial charge on any atom is 0.222 e. The summed E-state index contributed by atoms with van der Waals surface area (Å²) in [6, 6.07) is 1.53. The summed E-state index contributed by atoms with van der Waals surface area (Å²) < 4.78 is 13.6. The van der Waals surface area contributed by atoms with E-state index in [1.54, 1.807) is 0 Å². The van der Waals surface area contributed by atoms with Gasteiger partial charge in [-0.1, -0.05) is 0 Å². The highest BCUT2D eigenvalue weighted by molar-refractivity contribution is 5.90. The van der Waals surface area contributed by atoms with E-state index in [1.807, 2.05) is 0 Å². The van der Waals surface area contributed by atoms with Crippen LogP contribution in [0.3, 0.4) is 0 Å². The van der Waals surface area contributed by atoms with Gasteiger partial charge in [-0.3, -0.25) is 10.1 Å². The molecule has 84 valence electrons. The Labute approximate surface area is 94.7 Å². The number of aromatic nitrogens is 5. The van der Waals surface area contributed by atoms with Crippen LogP contribution in [0.4, 0.5) is 10.3 Å². The third-order valence-electron chi connectivity index (χ3n) is 2.35. The second kappa shape index (κ2) is 3.48. The molecule has 0 fully saturated rings. The molecule has 0 spiro atoms. The maximum absolute atomic E-state index is 13.6. The number of nitrogens with zero attached hydrogens (tertiary/aromatic N) is 4. The summed E-state index contributed by atoms with van der Waals surface area (Å²) in [5.74, 6) is -0.402. The van der Waals surface area contributed by atoms with Crippen molar-refractivity contribution < 1.29 is 4.39 Å². The van der Waals surface area contributed by atoms with Gasteiger partial charge in [0.05, 0.1) is 23.5 Å². The Hall–Kier alpha value is -2.57. The molecule has 3 heterocycles. The second-order valence-electron chi connectivity index (χ2n) is 3.42. The van der Waals surface area contributed by atoms with E-state index < -0.39 is 5.82 Å². The number of nitrogens with two attached hydrogens (primary N) is 1. The molecule has 3 N–H and O–H groups in total. The number of fused-ring (bicyclic) bond motifs is 1. The van der Waals surface area contributed by atoms with Gasteiger partial charge in [-0.25, -0.2) is 9.37 Å². The van der Waals surface area contributed by atoms with Gasteiger partial charge in [0.1, 0.15) is 0 Å². The van der Waals surface area contributed by atoms with Crippen molar-refractivity contribution in [3.05, 3.63) is 30.5 Å². The van der Waals surface area contributed by atoms with Gasteiger partial charge < -0.3 is 5.73 Å². The van der Waals surface area contributed by atoms with Gasteiger partial charge in [0.2, 0.25) is 5.95 Å². The molecule has 3 aromatic rings. The first-order chi connectivity index (χ1) is 8.25. The van der Waals surface area contributed by atoms with E-state index in [1.165, 1.54) is 18.5 Å². The minimum atomic E-state index is -0.465. The van der Waals surface area contributed by atoms with Crippen molar-refractivity contribution in [1.82, 2.24) is 25.1 Å². The number of pyridine rings is 1. The number of halogens is 1. The standard InChI is InChI=1S/C10H7FN6/c11-7-4-13-2-1-5(7)8-6-3-14-17-9(6)16-10(12)15-8/h1-4H,(H3,12,14,15,16,17). The molecular weight excluding hydrogens is 223 g/mol. The first kappa shape index (κ1) is 9.64. The van der Waals surface area contributed by atoms with E-state index in [0.29, 0.717) is 22.3 Å². The summed E-state index contributed by atoms with van der Waals surface area (Å²) in [7, 11) is 0. The number of nitrogens with one attached hydrogen (secondary N) is 1. The first-order valence-electron chi connectivity index (χ1n) is 4.82. The first-order valence-corrected chi connectivity index (χ1v) is 4.82. The predicted molar refractivity (Wildman–Crippen MR) is 59.3 cm³/mol. The zero-order valence-corrected chi connectivity index (χ0v) is 8.55. The fraction of sp³-hybridized carbons (Fsp3) is 0. The van der Waals surface area contributed by atoms with Crippen LogP contribution in [0, 0.1) is 5.82 Å².